The highest BCUT2D eigenvalue weighted by molar-refractivity contribution is 9.09. The maximum Gasteiger partial charge on any atom is 0.123 e. The second kappa shape index (κ2) is 4.42. The summed E-state index contributed by atoms with van der Waals surface area (Å²) in [6, 6.07) is 4.62. The molecule has 0 aromatic heterocycles. The first-order chi connectivity index (χ1) is 7.15. The van der Waals surface area contributed by atoms with E-state index in [0.29, 0.717) is 10.4 Å². The smallest absolute Gasteiger partial charge is 0.123 e. The van der Waals surface area contributed by atoms with Crippen molar-refractivity contribution in [3.63, 3.8) is 0 Å². The fraction of sp³-hybridized carbons (Fsp3) is 0.500. The predicted molar refractivity (Wildman–Crippen MR) is 65.2 cm³/mol. The zero-order valence-corrected chi connectivity index (χ0v) is 10.7. The molecule has 82 valence electrons. The molecule has 1 aliphatic carbocycles. The van der Waals surface area contributed by atoms with E-state index in [1.165, 1.54) is 25.3 Å². The van der Waals surface area contributed by atoms with Crippen molar-refractivity contribution in [1.29, 1.82) is 0 Å². The number of alkyl halides is 1. The molecule has 0 spiro atoms. The fourth-order valence-electron chi connectivity index (χ4n) is 2.12. The van der Waals surface area contributed by atoms with E-state index in [-0.39, 0.29) is 5.82 Å². The highest BCUT2D eigenvalue weighted by Crippen LogP contribution is 2.45. The second-order valence-corrected chi connectivity index (χ2v) is 5.37. The van der Waals surface area contributed by atoms with Gasteiger partial charge in [0.05, 0.1) is 0 Å². The van der Waals surface area contributed by atoms with Crippen LogP contribution in [0.5, 0.6) is 0 Å². The quantitative estimate of drug-likeness (QED) is 0.715. The van der Waals surface area contributed by atoms with E-state index < -0.39 is 0 Å². The normalized spacial score (nSPS) is 18.6. The topological polar surface area (TPSA) is 0 Å². The first-order valence-corrected chi connectivity index (χ1v) is 6.65. The molecule has 1 saturated carbocycles. The molecule has 0 N–H and O–H groups in total. The SMILES string of the molecule is Fc1ccc(Cl)c(CC2(CBr)CCC2)c1. The van der Waals surface area contributed by atoms with Gasteiger partial charge in [-0.25, -0.2) is 4.39 Å². The third kappa shape index (κ3) is 2.36. The Morgan fingerprint density at radius 3 is 2.67 bits per heavy atom. The van der Waals surface area contributed by atoms with Gasteiger partial charge in [-0.05, 0) is 48.4 Å². The lowest BCUT2D eigenvalue weighted by atomic mass is 9.67. The van der Waals surface area contributed by atoms with Gasteiger partial charge < -0.3 is 0 Å². The van der Waals surface area contributed by atoms with E-state index in [1.807, 2.05) is 0 Å². The van der Waals surface area contributed by atoms with Gasteiger partial charge in [0.25, 0.3) is 0 Å². The molecule has 1 aromatic carbocycles. The molecular weight excluding hydrogens is 278 g/mol. The molecule has 2 rings (SSSR count). The van der Waals surface area contributed by atoms with Gasteiger partial charge in [-0.3, -0.25) is 0 Å². The third-order valence-electron chi connectivity index (χ3n) is 3.27. The van der Waals surface area contributed by atoms with E-state index in [0.717, 1.165) is 17.3 Å². The maximum atomic E-state index is 13.1. The van der Waals surface area contributed by atoms with Crippen molar-refractivity contribution in [3.05, 3.63) is 34.6 Å². The van der Waals surface area contributed by atoms with Crippen LogP contribution in [-0.4, -0.2) is 5.33 Å². The molecular formula is C12H13BrClF. The lowest BCUT2D eigenvalue weighted by molar-refractivity contribution is 0.170. The molecule has 0 atom stereocenters. The van der Waals surface area contributed by atoms with Gasteiger partial charge in [-0.15, -0.1) is 0 Å². The van der Waals surface area contributed by atoms with Gasteiger partial charge in [0.1, 0.15) is 5.82 Å². The van der Waals surface area contributed by atoms with E-state index in [1.54, 1.807) is 12.1 Å². The Morgan fingerprint density at radius 2 is 2.13 bits per heavy atom. The summed E-state index contributed by atoms with van der Waals surface area (Å²) >= 11 is 9.61. The van der Waals surface area contributed by atoms with Gasteiger partial charge >= 0.3 is 0 Å². The minimum Gasteiger partial charge on any atom is -0.207 e. The minimum atomic E-state index is -0.196. The summed E-state index contributed by atoms with van der Waals surface area (Å²) < 4.78 is 13.1. The summed E-state index contributed by atoms with van der Waals surface area (Å²) in [5.41, 5.74) is 1.26. The Labute approximate surface area is 103 Å². The molecule has 1 fully saturated rings. The van der Waals surface area contributed by atoms with Crippen LogP contribution in [0.15, 0.2) is 18.2 Å². The van der Waals surface area contributed by atoms with E-state index in [4.69, 9.17) is 11.6 Å². The van der Waals surface area contributed by atoms with E-state index in [9.17, 15) is 4.39 Å². The Bertz CT molecular complexity index is 355. The zero-order chi connectivity index (χ0) is 10.9. The molecule has 0 bridgehead atoms. The first kappa shape index (κ1) is 11.4. The zero-order valence-electron chi connectivity index (χ0n) is 8.40. The van der Waals surface area contributed by atoms with Crippen LogP contribution in [0.2, 0.25) is 5.02 Å². The van der Waals surface area contributed by atoms with Crippen LogP contribution in [0.4, 0.5) is 4.39 Å². The Balaban J connectivity index is 2.19. The summed E-state index contributed by atoms with van der Waals surface area (Å²) in [5, 5.41) is 1.66. The van der Waals surface area contributed by atoms with Crippen LogP contribution >= 0.6 is 27.5 Å². The largest absolute Gasteiger partial charge is 0.207 e. The molecule has 0 saturated heterocycles. The Morgan fingerprint density at radius 1 is 1.40 bits per heavy atom. The maximum absolute atomic E-state index is 13.1. The molecule has 3 heteroatoms. The first-order valence-electron chi connectivity index (χ1n) is 5.15. The molecule has 1 aliphatic rings. The van der Waals surface area contributed by atoms with Crippen molar-refractivity contribution < 1.29 is 4.39 Å². The van der Waals surface area contributed by atoms with Gasteiger partial charge in [0, 0.05) is 10.4 Å². The number of hydrogen-bond acceptors (Lipinski definition) is 0. The number of rotatable bonds is 3. The molecule has 1 aromatic rings. The molecule has 0 radical (unpaired) electrons. The van der Waals surface area contributed by atoms with Crippen LogP contribution in [0, 0.1) is 11.2 Å². The van der Waals surface area contributed by atoms with Crippen LogP contribution in [0.25, 0.3) is 0 Å². The average molecular weight is 292 g/mol. The van der Waals surface area contributed by atoms with Gasteiger partial charge in [-0.1, -0.05) is 34.0 Å². The highest BCUT2D eigenvalue weighted by atomic mass is 79.9. The van der Waals surface area contributed by atoms with Gasteiger partial charge in [0.15, 0.2) is 0 Å². The standard InChI is InChI=1S/C12H13BrClF/c13-8-12(4-1-5-12)7-9-6-10(15)2-3-11(9)14/h2-3,6H,1,4-5,7-8H2. The summed E-state index contributed by atoms with van der Waals surface area (Å²) in [5.74, 6) is -0.196. The Hall–Kier alpha value is -0.0800. The summed E-state index contributed by atoms with van der Waals surface area (Å²) in [6.07, 6.45) is 4.59. The van der Waals surface area contributed by atoms with Crippen LogP contribution in [0.1, 0.15) is 24.8 Å². The minimum absolute atomic E-state index is 0.196. The average Bonchev–Trinajstić information content (AvgIpc) is 2.17. The molecule has 0 unspecified atom stereocenters. The molecule has 0 amide bonds. The summed E-state index contributed by atoms with van der Waals surface area (Å²) in [7, 11) is 0. The third-order valence-corrected chi connectivity index (χ3v) is 4.83. The number of hydrogen-bond donors (Lipinski definition) is 0. The van der Waals surface area contributed by atoms with Crippen LogP contribution in [0.3, 0.4) is 0 Å². The monoisotopic (exact) mass is 290 g/mol. The predicted octanol–water partition coefficient (Wildman–Crippen LogP) is 4.59. The van der Waals surface area contributed by atoms with Crippen molar-refractivity contribution in [3.8, 4) is 0 Å². The van der Waals surface area contributed by atoms with Gasteiger partial charge in [-0.2, -0.15) is 0 Å². The number of benzene rings is 1. The van der Waals surface area contributed by atoms with Crippen LogP contribution < -0.4 is 0 Å². The van der Waals surface area contributed by atoms with E-state index >= 15 is 0 Å². The molecule has 0 heterocycles. The van der Waals surface area contributed by atoms with E-state index in [2.05, 4.69) is 15.9 Å². The van der Waals surface area contributed by atoms with Crippen molar-refractivity contribution >= 4 is 27.5 Å². The molecule has 0 aliphatic heterocycles. The lowest BCUT2D eigenvalue weighted by Crippen LogP contribution is -2.33. The fourth-order valence-corrected chi connectivity index (χ4v) is 3.06. The number of halogens is 3. The summed E-state index contributed by atoms with van der Waals surface area (Å²) in [4.78, 5) is 0. The van der Waals surface area contributed by atoms with Crippen molar-refractivity contribution in [2.24, 2.45) is 5.41 Å². The van der Waals surface area contributed by atoms with Crippen molar-refractivity contribution in [1.82, 2.24) is 0 Å². The lowest BCUT2D eigenvalue weighted by Gasteiger charge is -2.41. The Kier molecular flexibility index (Phi) is 3.36. The molecule has 15 heavy (non-hydrogen) atoms. The van der Waals surface area contributed by atoms with Crippen LogP contribution in [-0.2, 0) is 6.42 Å². The van der Waals surface area contributed by atoms with Crippen molar-refractivity contribution in [2.75, 3.05) is 5.33 Å². The van der Waals surface area contributed by atoms with Crippen molar-refractivity contribution in [2.45, 2.75) is 25.7 Å². The summed E-state index contributed by atoms with van der Waals surface area (Å²) in [6.45, 7) is 0. The highest BCUT2D eigenvalue weighted by Gasteiger charge is 2.36. The second-order valence-electron chi connectivity index (χ2n) is 4.40. The molecule has 0 nitrogen and oxygen atoms in total. The van der Waals surface area contributed by atoms with Gasteiger partial charge in [0.2, 0.25) is 0 Å².